The lowest BCUT2D eigenvalue weighted by molar-refractivity contribution is 0.315. The fourth-order valence-corrected chi connectivity index (χ4v) is 2.76. The molecule has 2 heteroatoms. The normalized spacial score (nSPS) is 14.4. The van der Waals surface area contributed by atoms with Gasteiger partial charge in [-0.15, -0.1) is 0 Å². The summed E-state index contributed by atoms with van der Waals surface area (Å²) in [4.78, 5) is 2.00. The molecule has 0 fully saturated rings. The van der Waals surface area contributed by atoms with Crippen LogP contribution in [0.4, 0.5) is 0 Å². The van der Waals surface area contributed by atoms with Gasteiger partial charge in [0.1, 0.15) is 6.04 Å². The van der Waals surface area contributed by atoms with E-state index in [0.717, 1.165) is 0 Å². The van der Waals surface area contributed by atoms with Crippen molar-refractivity contribution in [3.63, 3.8) is 0 Å². The van der Waals surface area contributed by atoms with Crippen LogP contribution in [0.25, 0.3) is 0 Å². The Morgan fingerprint density at radius 1 is 1.06 bits per heavy atom. The van der Waals surface area contributed by atoms with Crippen molar-refractivity contribution >= 4 is 0 Å². The van der Waals surface area contributed by atoms with Gasteiger partial charge in [-0.25, -0.2) is 0 Å². The van der Waals surface area contributed by atoms with Gasteiger partial charge in [0.05, 0.1) is 6.07 Å². The van der Waals surface area contributed by atoms with E-state index in [1.54, 1.807) is 0 Å². The van der Waals surface area contributed by atoms with Crippen LogP contribution in [-0.2, 0) is 0 Å². The quantitative estimate of drug-likeness (QED) is 0.814. The first kappa shape index (κ1) is 14.7. The van der Waals surface area contributed by atoms with Crippen molar-refractivity contribution in [3.05, 3.63) is 33.9 Å². The number of nitriles is 1. The molecule has 1 aromatic carbocycles. The minimum atomic E-state index is -0.0800. The first-order valence-corrected chi connectivity index (χ1v) is 6.44. The third-order valence-corrected chi connectivity index (χ3v) is 4.04. The van der Waals surface area contributed by atoms with Gasteiger partial charge in [-0.05, 0) is 69.6 Å². The fourth-order valence-electron chi connectivity index (χ4n) is 2.76. The zero-order chi connectivity index (χ0) is 14.0. The Balaban J connectivity index is 3.37. The predicted molar refractivity (Wildman–Crippen MR) is 76.9 cm³/mol. The van der Waals surface area contributed by atoms with Crippen molar-refractivity contribution in [2.45, 2.75) is 46.6 Å². The molecular formula is C16H24N2. The Morgan fingerprint density at radius 2 is 1.50 bits per heavy atom. The number of rotatable bonds is 3. The summed E-state index contributed by atoms with van der Waals surface area (Å²) < 4.78 is 0. The summed E-state index contributed by atoms with van der Waals surface area (Å²) >= 11 is 0. The van der Waals surface area contributed by atoms with E-state index in [-0.39, 0.29) is 12.0 Å². The lowest BCUT2D eigenvalue weighted by Crippen LogP contribution is -2.32. The summed E-state index contributed by atoms with van der Waals surface area (Å²) in [5.41, 5.74) is 6.62. The largest absolute Gasteiger partial charge is 0.294 e. The van der Waals surface area contributed by atoms with E-state index in [1.165, 1.54) is 27.8 Å². The second kappa shape index (κ2) is 5.54. The van der Waals surface area contributed by atoms with Gasteiger partial charge in [-0.3, -0.25) is 4.90 Å². The van der Waals surface area contributed by atoms with Crippen LogP contribution < -0.4 is 0 Å². The average Bonchev–Trinajstić information content (AvgIpc) is 2.27. The van der Waals surface area contributed by atoms with E-state index in [0.29, 0.717) is 0 Å². The first-order valence-electron chi connectivity index (χ1n) is 6.44. The molecule has 0 radical (unpaired) electrons. The molecule has 2 unspecified atom stereocenters. The van der Waals surface area contributed by atoms with E-state index >= 15 is 0 Å². The van der Waals surface area contributed by atoms with Gasteiger partial charge in [0.25, 0.3) is 0 Å². The summed E-state index contributed by atoms with van der Waals surface area (Å²) in [7, 11) is 3.94. The molecule has 0 saturated carbocycles. The van der Waals surface area contributed by atoms with Gasteiger partial charge in [0, 0.05) is 5.92 Å². The minimum absolute atomic E-state index is 0.0800. The van der Waals surface area contributed by atoms with Crippen LogP contribution in [-0.4, -0.2) is 25.0 Å². The Kier molecular flexibility index (Phi) is 4.53. The second-order valence-corrected chi connectivity index (χ2v) is 5.50. The van der Waals surface area contributed by atoms with Gasteiger partial charge in [-0.2, -0.15) is 5.26 Å². The molecule has 2 nitrogen and oxygen atoms in total. The van der Waals surface area contributed by atoms with E-state index in [4.69, 9.17) is 0 Å². The third-order valence-electron chi connectivity index (χ3n) is 4.04. The Bertz CT molecular complexity index is 455. The van der Waals surface area contributed by atoms with Crippen LogP contribution in [0.5, 0.6) is 0 Å². The molecular weight excluding hydrogens is 220 g/mol. The van der Waals surface area contributed by atoms with Crippen molar-refractivity contribution in [2.24, 2.45) is 0 Å². The SMILES string of the molecule is Cc1cc(C)c(C)c(C(C)C(C#N)N(C)C)c1C. The van der Waals surface area contributed by atoms with Crippen LogP contribution in [0.15, 0.2) is 6.07 Å². The number of aryl methyl sites for hydroxylation is 2. The molecule has 98 valence electrons. The summed E-state index contributed by atoms with van der Waals surface area (Å²) in [6, 6.07) is 4.57. The molecule has 2 atom stereocenters. The van der Waals surface area contributed by atoms with E-state index in [2.05, 4.69) is 46.8 Å². The van der Waals surface area contributed by atoms with E-state index in [1.807, 2.05) is 19.0 Å². The molecule has 0 N–H and O–H groups in total. The second-order valence-electron chi connectivity index (χ2n) is 5.50. The molecule has 0 amide bonds. The van der Waals surface area contributed by atoms with Gasteiger partial charge in [0.15, 0.2) is 0 Å². The number of benzene rings is 1. The minimum Gasteiger partial charge on any atom is -0.294 e. The molecule has 0 spiro atoms. The molecule has 0 heterocycles. The zero-order valence-corrected chi connectivity index (χ0v) is 12.6. The molecule has 1 rings (SSSR count). The maximum Gasteiger partial charge on any atom is 0.104 e. The zero-order valence-electron chi connectivity index (χ0n) is 12.6. The molecule has 0 bridgehead atoms. The number of hydrogen-bond acceptors (Lipinski definition) is 2. The molecule has 18 heavy (non-hydrogen) atoms. The fraction of sp³-hybridized carbons (Fsp3) is 0.562. The third kappa shape index (κ3) is 2.57. The highest BCUT2D eigenvalue weighted by Gasteiger charge is 2.24. The van der Waals surface area contributed by atoms with Crippen LogP contribution in [0, 0.1) is 39.0 Å². The van der Waals surface area contributed by atoms with Crippen molar-refractivity contribution in [3.8, 4) is 6.07 Å². The lowest BCUT2D eigenvalue weighted by atomic mass is 9.83. The summed E-state index contributed by atoms with van der Waals surface area (Å²) in [6.45, 7) is 10.8. The first-order chi connectivity index (χ1) is 8.31. The Morgan fingerprint density at radius 3 is 1.83 bits per heavy atom. The molecule has 0 aliphatic heterocycles. The van der Waals surface area contributed by atoms with Gasteiger partial charge >= 0.3 is 0 Å². The predicted octanol–water partition coefficient (Wildman–Crippen LogP) is 3.48. The number of nitrogens with zero attached hydrogens (tertiary/aromatic N) is 2. The van der Waals surface area contributed by atoms with Crippen LogP contribution >= 0.6 is 0 Å². The topological polar surface area (TPSA) is 27.0 Å². The summed E-state index contributed by atoms with van der Waals surface area (Å²) in [5.74, 6) is 0.226. The highest BCUT2D eigenvalue weighted by Crippen LogP contribution is 2.31. The van der Waals surface area contributed by atoms with Crippen LogP contribution in [0.2, 0.25) is 0 Å². The molecule has 1 aromatic rings. The highest BCUT2D eigenvalue weighted by atomic mass is 15.1. The summed E-state index contributed by atoms with van der Waals surface area (Å²) in [6.07, 6.45) is 0. The maximum absolute atomic E-state index is 9.36. The van der Waals surface area contributed by atoms with Gasteiger partial charge in [0.2, 0.25) is 0 Å². The molecule has 0 aliphatic carbocycles. The monoisotopic (exact) mass is 244 g/mol. The smallest absolute Gasteiger partial charge is 0.104 e. The molecule has 0 aliphatic rings. The standard InChI is InChI=1S/C16H24N2/c1-10-8-11(2)13(4)16(12(10)3)14(5)15(9-17)18(6)7/h8,14-15H,1-7H3. The van der Waals surface area contributed by atoms with E-state index < -0.39 is 0 Å². The van der Waals surface area contributed by atoms with E-state index in [9.17, 15) is 5.26 Å². The summed E-state index contributed by atoms with van der Waals surface area (Å²) in [5, 5.41) is 9.36. The van der Waals surface area contributed by atoms with Gasteiger partial charge < -0.3 is 0 Å². The van der Waals surface area contributed by atoms with Crippen molar-refractivity contribution in [2.75, 3.05) is 14.1 Å². The molecule has 0 saturated heterocycles. The number of hydrogen-bond donors (Lipinski definition) is 0. The number of likely N-dealkylation sites (N-methyl/N-ethyl adjacent to an activating group) is 1. The average molecular weight is 244 g/mol. The Labute approximate surface area is 111 Å². The van der Waals surface area contributed by atoms with Crippen molar-refractivity contribution < 1.29 is 0 Å². The Hall–Kier alpha value is -1.33. The van der Waals surface area contributed by atoms with Crippen LogP contribution in [0.3, 0.4) is 0 Å². The van der Waals surface area contributed by atoms with Crippen molar-refractivity contribution in [1.29, 1.82) is 5.26 Å². The van der Waals surface area contributed by atoms with Crippen molar-refractivity contribution in [1.82, 2.24) is 4.90 Å². The van der Waals surface area contributed by atoms with Gasteiger partial charge in [-0.1, -0.05) is 13.0 Å². The highest BCUT2D eigenvalue weighted by molar-refractivity contribution is 5.46. The lowest BCUT2D eigenvalue weighted by Gasteiger charge is -2.28. The molecule has 0 aromatic heterocycles. The van der Waals surface area contributed by atoms with Crippen LogP contribution in [0.1, 0.15) is 40.7 Å². The maximum atomic E-state index is 9.36.